The van der Waals surface area contributed by atoms with Crippen molar-refractivity contribution in [3.8, 4) is 0 Å². The Morgan fingerprint density at radius 3 is 2.89 bits per heavy atom. The highest BCUT2D eigenvalue weighted by atomic mass is 16.5. The van der Waals surface area contributed by atoms with E-state index in [0.29, 0.717) is 25.4 Å². The van der Waals surface area contributed by atoms with Crippen LogP contribution in [-0.2, 0) is 14.3 Å². The summed E-state index contributed by atoms with van der Waals surface area (Å²) in [5.41, 5.74) is 0. The van der Waals surface area contributed by atoms with Crippen LogP contribution in [0, 0.1) is 11.8 Å². The number of carbonyl (C=O) groups excluding carboxylic acids is 2. The highest BCUT2D eigenvalue weighted by Gasteiger charge is 2.37. The number of hydrogen-bond donors (Lipinski definition) is 1. The Morgan fingerprint density at radius 1 is 1.37 bits per heavy atom. The van der Waals surface area contributed by atoms with E-state index in [9.17, 15) is 9.59 Å². The summed E-state index contributed by atoms with van der Waals surface area (Å²) in [5.74, 6) is 0.691. The molecule has 1 aliphatic carbocycles. The molecule has 5 nitrogen and oxygen atoms in total. The van der Waals surface area contributed by atoms with Gasteiger partial charge in [0.1, 0.15) is 0 Å². The van der Waals surface area contributed by atoms with Crippen molar-refractivity contribution in [1.29, 1.82) is 0 Å². The van der Waals surface area contributed by atoms with Crippen LogP contribution in [0.5, 0.6) is 0 Å². The molecule has 2 heterocycles. The maximum Gasteiger partial charge on any atom is 0.225 e. The quantitative estimate of drug-likeness (QED) is 0.790. The fourth-order valence-electron chi connectivity index (χ4n) is 2.90. The van der Waals surface area contributed by atoms with Gasteiger partial charge in [0.25, 0.3) is 0 Å². The maximum absolute atomic E-state index is 12.0. The van der Waals surface area contributed by atoms with Gasteiger partial charge in [-0.3, -0.25) is 9.59 Å². The monoisotopic (exact) mass is 266 g/mol. The van der Waals surface area contributed by atoms with Crippen molar-refractivity contribution in [2.24, 2.45) is 11.8 Å². The molecule has 0 unspecified atom stereocenters. The Bertz CT molecular complexity index is 362. The van der Waals surface area contributed by atoms with E-state index < -0.39 is 0 Å². The smallest absolute Gasteiger partial charge is 0.225 e. The first-order valence-corrected chi connectivity index (χ1v) is 7.39. The number of nitrogens with one attached hydrogen (secondary N) is 1. The summed E-state index contributed by atoms with van der Waals surface area (Å²) in [5, 5.41) is 2.93. The van der Waals surface area contributed by atoms with E-state index in [1.165, 1.54) is 12.8 Å². The van der Waals surface area contributed by atoms with Crippen LogP contribution in [-0.4, -0.2) is 49.1 Å². The summed E-state index contributed by atoms with van der Waals surface area (Å²) in [6.07, 6.45) is 5.13. The summed E-state index contributed by atoms with van der Waals surface area (Å²) < 4.78 is 5.48. The maximum atomic E-state index is 12.0. The lowest BCUT2D eigenvalue weighted by Crippen LogP contribution is -2.37. The highest BCUT2D eigenvalue weighted by molar-refractivity contribution is 5.89. The number of hydrogen-bond acceptors (Lipinski definition) is 3. The Morgan fingerprint density at radius 2 is 2.21 bits per heavy atom. The van der Waals surface area contributed by atoms with E-state index in [2.05, 4.69) is 5.32 Å². The molecule has 0 aromatic rings. The molecule has 2 aliphatic heterocycles. The van der Waals surface area contributed by atoms with Gasteiger partial charge < -0.3 is 15.0 Å². The Kier molecular flexibility index (Phi) is 3.73. The molecule has 0 bridgehead atoms. The Balaban J connectivity index is 1.43. The topological polar surface area (TPSA) is 58.6 Å². The van der Waals surface area contributed by atoms with Crippen LogP contribution in [0.25, 0.3) is 0 Å². The van der Waals surface area contributed by atoms with Crippen LogP contribution in [0.3, 0.4) is 0 Å². The minimum absolute atomic E-state index is 0.0159. The van der Waals surface area contributed by atoms with Gasteiger partial charge in [0.05, 0.1) is 12.0 Å². The molecular formula is C14H22N2O3. The van der Waals surface area contributed by atoms with Crippen molar-refractivity contribution in [3.05, 3.63) is 0 Å². The molecule has 2 saturated heterocycles. The third-order valence-electron chi connectivity index (χ3n) is 4.29. The van der Waals surface area contributed by atoms with E-state index in [4.69, 9.17) is 4.74 Å². The molecule has 3 aliphatic rings. The second-order valence-corrected chi connectivity index (χ2v) is 6.02. The third kappa shape index (κ3) is 3.26. The minimum atomic E-state index is -0.160. The lowest BCUT2D eigenvalue weighted by molar-refractivity contribution is -0.129. The first-order chi connectivity index (χ1) is 9.22. The van der Waals surface area contributed by atoms with Crippen molar-refractivity contribution in [2.75, 3.05) is 26.2 Å². The van der Waals surface area contributed by atoms with E-state index in [-0.39, 0.29) is 23.8 Å². The molecule has 0 aromatic carbocycles. The second-order valence-electron chi connectivity index (χ2n) is 6.02. The van der Waals surface area contributed by atoms with Gasteiger partial charge in [-0.1, -0.05) is 0 Å². The average Bonchev–Trinajstić information content (AvgIpc) is 2.91. The molecular weight excluding hydrogens is 244 g/mol. The number of rotatable bonds is 5. The predicted octanol–water partition coefficient (Wildman–Crippen LogP) is 0.540. The fourth-order valence-corrected chi connectivity index (χ4v) is 2.90. The van der Waals surface area contributed by atoms with Gasteiger partial charge in [0.15, 0.2) is 0 Å². The molecule has 0 radical (unpaired) electrons. The zero-order chi connectivity index (χ0) is 13.2. The predicted molar refractivity (Wildman–Crippen MR) is 69.4 cm³/mol. The van der Waals surface area contributed by atoms with Gasteiger partial charge >= 0.3 is 0 Å². The van der Waals surface area contributed by atoms with Gasteiger partial charge in [-0.2, -0.15) is 0 Å². The van der Waals surface area contributed by atoms with Gasteiger partial charge in [-0.05, 0) is 31.6 Å². The van der Waals surface area contributed by atoms with Gasteiger partial charge in [-0.15, -0.1) is 0 Å². The van der Waals surface area contributed by atoms with Crippen LogP contribution in [0.15, 0.2) is 0 Å². The summed E-state index contributed by atoms with van der Waals surface area (Å²) in [6.45, 7) is 2.85. The lowest BCUT2D eigenvalue weighted by atomic mass is 10.1. The van der Waals surface area contributed by atoms with Gasteiger partial charge in [0, 0.05) is 32.7 Å². The summed E-state index contributed by atoms with van der Waals surface area (Å²) in [6, 6.07) is 0. The largest absolute Gasteiger partial charge is 0.376 e. The Labute approximate surface area is 113 Å². The summed E-state index contributed by atoms with van der Waals surface area (Å²) in [7, 11) is 0. The van der Waals surface area contributed by atoms with E-state index in [1.807, 2.05) is 4.90 Å². The van der Waals surface area contributed by atoms with Crippen molar-refractivity contribution in [2.45, 2.75) is 38.2 Å². The van der Waals surface area contributed by atoms with Crippen LogP contribution in [0.4, 0.5) is 0 Å². The lowest BCUT2D eigenvalue weighted by Gasteiger charge is -2.16. The number of ether oxygens (including phenoxy) is 1. The van der Waals surface area contributed by atoms with Gasteiger partial charge in [0.2, 0.25) is 11.8 Å². The summed E-state index contributed by atoms with van der Waals surface area (Å²) >= 11 is 0. The minimum Gasteiger partial charge on any atom is -0.376 e. The molecule has 2 amide bonds. The molecule has 19 heavy (non-hydrogen) atoms. The number of amides is 2. The average molecular weight is 266 g/mol. The SMILES string of the molecule is O=C(NC[C@@H]1CCCO1)[C@@H]1CC(=O)N(CC2CC2)C1. The summed E-state index contributed by atoms with van der Waals surface area (Å²) in [4.78, 5) is 25.8. The zero-order valence-electron chi connectivity index (χ0n) is 11.3. The first-order valence-electron chi connectivity index (χ1n) is 7.39. The zero-order valence-corrected chi connectivity index (χ0v) is 11.3. The molecule has 3 rings (SSSR count). The van der Waals surface area contributed by atoms with Crippen LogP contribution in [0.2, 0.25) is 0 Å². The normalized spacial score (nSPS) is 30.9. The Hall–Kier alpha value is -1.10. The third-order valence-corrected chi connectivity index (χ3v) is 4.29. The van der Waals surface area contributed by atoms with Crippen LogP contribution < -0.4 is 5.32 Å². The standard InChI is InChI=1S/C14H22N2O3/c17-13-6-11(9-16(13)8-10-3-4-10)14(18)15-7-12-2-1-5-19-12/h10-12H,1-9H2,(H,15,18)/t11-,12+/m1/s1. The highest BCUT2D eigenvalue weighted by Crippen LogP contribution is 2.32. The second kappa shape index (κ2) is 5.49. The van der Waals surface area contributed by atoms with Crippen molar-refractivity contribution < 1.29 is 14.3 Å². The van der Waals surface area contributed by atoms with Crippen molar-refractivity contribution in [1.82, 2.24) is 10.2 Å². The molecule has 1 saturated carbocycles. The van der Waals surface area contributed by atoms with E-state index >= 15 is 0 Å². The van der Waals surface area contributed by atoms with Crippen LogP contribution >= 0.6 is 0 Å². The van der Waals surface area contributed by atoms with E-state index in [0.717, 1.165) is 26.0 Å². The fraction of sp³-hybridized carbons (Fsp3) is 0.857. The first kappa shape index (κ1) is 12.9. The van der Waals surface area contributed by atoms with E-state index in [1.54, 1.807) is 0 Å². The van der Waals surface area contributed by atoms with Gasteiger partial charge in [-0.25, -0.2) is 0 Å². The molecule has 1 N–H and O–H groups in total. The molecule has 106 valence electrons. The number of carbonyl (C=O) groups is 2. The molecule has 2 atom stereocenters. The molecule has 0 spiro atoms. The number of likely N-dealkylation sites (tertiary alicyclic amines) is 1. The van der Waals surface area contributed by atoms with Crippen molar-refractivity contribution >= 4 is 11.8 Å². The molecule has 5 heteroatoms. The van der Waals surface area contributed by atoms with Crippen molar-refractivity contribution in [3.63, 3.8) is 0 Å². The molecule has 3 fully saturated rings. The molecule has 0 aromatic heterocycles. The number of nitrogens with zero attached hydrogens (tertiary/aromatic N) is 1. The van der Waals surface area contributed by atoms with Crippen LogP contribution in [0.1, 0.15) is 32.1 Å².